The van der Waals surface area contributed by atoms with Crippen molar-refractivity contribution in [3.63, 3.8) is 0 Å². The van der Waals surface area contributed by atoms with E-state index < -0.39 is 0 Å². The minimum Gasteiger partial charge on any atom is -0.369 e. The second-order valence-corrected chi connectivity index (χ2v) is 6.50. The molecule has 0 bridgehead atoms. The standard InChI is InChI=1S/C17H24N2O2S/c18-17(21)13-11-12(13)7-3-1-2-4-10-16(20)19-14-8-5-6-9-15(14)22/h5-6,8-9,12-13,22H,1-4,7,10-11H2,(H2,18,21)(H,19,20). The van der Waals surface area contributed by atoms with Gasteiger partial charge >= 0.3 is 0 Å². The number of benzene rings is 1. The lowest BCUT2D eigenvalue weighted by Gasteiger charge is -2.07. The number of anilines is 1. The Hall–Kier alpha value is -1.49. The lowest BCUT2D eigenvalue weighted by molar-refractivity contribution is -0.119. The average Bonchev–Trinajstić information content (AvgIpc) is 3.25. The Morgan fingerprint density at radius 3 is 2.59 bits per heavy atom. The molecule has 2 unspecified atom stereocenters. The molecule has 1 aliphatic carbocycles. The summed E-state index contributed by atoms with van der Waals surface area (Å²) in [5.74, 6) is 0.545. The summed E-state index contributed by atoms with van der Waals surface area (Å²) in [6, 6.07) is 7.48. The summed E-state index contributed by atoms with van der Waals surface area (Å²) in [4.78, 5) is 23.5. The van der Waals surface area contributed by atoms with Crippen LogP contribution in [0.25, 0.3) is 0 Å². The Morgan fingerprint density at radius 1 is 1.18 bits per heavy atom. The van der Waals surface area contributed by atoms with Gasteiger partial charge in [-0.2, -0.15) is 0 Å². The van der Waals surface area contributed by atoms with Crippen LogP contribution in [0, 0.1) is 11.8 Å². The number of hydrogen-bond acceptors (Lipinski definition) is 3. The molecule has 22 heavy (non-hydrogen) atoms. The molecule has 0 spiro atoms. The van der Waals surface area contributed by atoms with E-state index in [2.05, 4.69) is 17.9 Å². The summed E-state index contributed by atoms with van der Waals surface area (Å²) in [7, 11) is 0. The fraction of sp³-hybridized carbons (Fsp3) is 0.529. The minimum absolute atomic E-state index is 0.0393. The number of thiol groups is 1. The van der Waals surface area contributed by atoms with E-state index in [1.54, 1.807) is 0 Å². The quantitative estimate of drug-likeness (QED) is 0.482. The summed E-state index contributed by atoms with van der Waals surface area (Å²) in [5.41, 5.74) is 6.02. The molecule has 2 rings (SSSR count). The van der Waals surface area contributed by atoms with Crippen LogP contribution in [0.15, 0.2) is 29.2 Å². The Morgan fingerprint density at radius 2 is 1.91 bits per heavy atom. The highest BCUT2D eigenvalue weighted by atomic mass is 32.1. The SMILES string of the molecule is NC(=O)C1CC1CCCCCCC(=O)Nc1ccccc1S. The molecule has 1 aliphatic rings. The van der Waals surface area contributed by atoms with E-state index in [1.165, 1.54) is 0 Å². The van der Waals surface area contributed by atoms with Gasteiger partial charge in [0.2, 0.25) is 11.8 Å². The number of carbonyl (C=O) groups excluding carboxylic acids is 2. The first kappa shape index (κ1) is 16.9. The zero-order valence-corrected chi connectivity index (χ0v) is 13.6. The first-order chi connectivity index (χ1) is 10.6. The van der Waals surface area contributed by atoms with Gasteiger partial charge in [0.15, 0.2) is 0 Å². The van der Waals surface area contributed by atoms with Gasteiger partial charge in [0.25, 0.3) is 0 Å². The highest BCUT2D eigenvalue weighted by Gasteiger charge is 2.40. The fourth-order valence-electron chi connectivity index (χ4n) is 2.75. The molecule has 3 N–H and O–H groups in total. The highest BCUT2D eigenvalue weighted by Crippen LogP contribution is 2.42. The maximum Gasteiger partial charge on any atom is 0.224 e. The van der Waals surface area contributed by atoms with E-state index in [4.69, 9.17) is 5.73 Å². The second-order valence-electron chi connectivity index (χ2n) is 6.02. The minimum atomic E-state index is -0.147. The number of para-hydroxylation sites is 1. The number of unbranched alkanes of at least 4 members (excludes halogenated alkanes) is 3. The van der Waals surface area contributed by atoms with E-state index >= 15 is 0 Å². The summed E-state index contributed by atoms with van der Waals surface area (Å²) in [6.07, 6.45) is 6.77. The van der Waals surface area contributed by atoms with Crippen molar-refractivity contribution in [3.05, 3.63) is 24.3 Å². The van der Waals surface area contributed by atoms with Crippen LogP contribution in [0.3, 0.4) is 0 Å². The molecule has 2 amide bonds. The molecule has 1 aromatic rings. The number of amides is 2. The first-order valence-electron chi connectivity index (χ1n) is 7.95. The molecule has 4 nitrogen and oxygen atoms in total. The van der Waals surface area contributed by atoms with Crippen LogP contribution in [0.5, 0.6) is 0 Å². The number of carbonyl (C=O) groups is 2. The fourth-order valence-corrected chi connectivity index (χ4v) is 2.97. The van der Waals surface area contributed by atoms with Gasteiger partial charge < -0.3 is 11.1 Å². The molecule has 1 fully saturated rings. The zero-order valence-electron chi connectivity index (χ0n) is 12.8. The summed E-state index contributed by atoms with van der Waals surface area (Å²) in [6.45, 7) is 0. The second kappa shape index (κ2) is 8.22. The molecule has 0 radical (unpaired) electrons. The lowest BCUT2D eigenvalue weighted by Crippen LogP contribution is -2.13. The van der Waals surface area contributed by atoms with Gasteiger partial charge in [-0.05, 0) is 37.3 Å². The van der Waals surface area contributed by atoms with Crippen LogP contribution >= 0.6 is 12.6 Å². The lowest BCUT2D eigenvalue weighted by atomic mass is 10.1. The third kappa shape index (κ3) is 5.37. The van der Waals surface area contributed by atoms with Crippen LogP contribution in [0.4, 0.5) is 5.69 Å². The van der Waals surface area contributed by atoms with Crippen LogP contribution < -0.4 is 11.1 Å². The number of rotatable bonds is 9. The molecule has 0 aliphatic heterocycles. The van der Waals surface area contributed by atoms with Gasteiger partial charge in [0.05, 0.1) is 5.69 Å². The average molecular weight is 320 g/mol. The van der Waals surface area contributed by atoms with E-state index in [0.29, 0.717) is 12.3 Å². The Kier molecular flexibility index (Phi) is 6.31. The largest absolute Gasteiger partial charge is 0.369 e. The number of primary amides is 1. The molecule has 1 saturated carbocycles. The third-order valence-electron chi connectivity index (χ3n) is 4.19. The number of hydrogen-bond donors (Lipinski definition) is 3. The van der Waals surface area contributed by atoms with Gasteiger partial charge in [0, 0.05) is 17.2 Å². The smallest absolute Gasteiger partial charge is 0.224 e. The summed E-state index contributed by atoms with van der Waals surface area (Å²) < 4.78 is 0. The molecule has 2 atom stereocenters. The Bertz CT molecular complexity index is 533. The first-order valence-corrected chi connectivity index (χ1v) is 8.40. The van der Waals surface area contributed by atoms with Gasteiger partial charge in [-0.25, -0.2) is 0 Å². The van der Waals surface area contributed by atoms with Crippen molar-refractivity contribution in [2.24, 2.45) is 17.6 Å². The van der Waals surface area contributed by atoms with E-state index in [9.17, 15) is 9.59 Å². The monoisotopic (exact) mass is 320 g/mol. The van der Waals surface area contributed by atoms with Crippen molar-refractivity contribution in [2.75, 3.05) is 5.32 Å². The normalized spacial score (nSPS) is 19.7. The van der Waals surface area contributed by atoms with E-state index in [0.717, 1.165) is 49.1 Å². The maximum absolute atomic E-state index is 11.8. The van der Waals surface area contributed by atoms with Crippen molar-refractivity contribution in [2.45, 2.75) is 49.8 Å². The molecule has 0 heterocycles. The van der Waals surface area contributed by atoms with Crippen molar-refractivity contribution in [1.82, 2.24) is 0 Å². The molecule has 120 valence electrons. The van der Waals surface area contributed by atoms with Crippen molar-refractivity contribution < 1.29 is 9.59 Å². The molecule has 5 heteroatoms. The van der Waals surface area contributed by atoms with Crippen molar-refractivity contribution >= 4 is 30.1 Å². The number of nitrogens with two attached hydrogens (primary N) is 1. The van der Waals surface area contributed by atoms with E-state index in [1.807, 2.05) is 24.3 Å². The molecular formula is C17H24N2O2S. The van der Waals surface area contributed by atoms with Crippen molar-refractivity contribution in [1.29, 1.82) is 0 Å². The molecule has 0 aromatic heterocycles. The van der Waals surface area contributed by atoms with Gasteiger partial charge in [0.1, 0.15) is 0 Å². The third-order valence-corrected chi connectivity index (χ3v) is 4.58. The molecular weight excluding hydrogens is 296 g/mol. The Labute approximate surface area is 137 Å². The topological polar surface area (TPSA) is 72.2 Å². The van der Waals surface area contributed by atoms with Gasteiger partial charge in [-0.1, -0.05) is 31.4 Å². The van der Waals surface area contributed by atoms with Crippen LogP contribution in [0.1, 0.15) is 44.9 Å². The Balaban J connectivity index is 1.51. The molecule has 0 saturated heterocycles. The molecule has 1 aromatic carbocycles. The van der Waals surface area contributed by atoms with Crippen LogP contribution in [-0.4, -0.2) is 11.8 Å². The predicted molar refractivity (Wildman–Crippen MR) is 90.8 cm³/mol. The van der Waals surface area contributed by atoms with Gasteiger partial charge in [-0.15, -0.1) is 12.6 Å². The van der Waals surface area contributed by atoms with Crippen molar-refractivity contribution in [3.8, 4) is 0 Å². The van der Waals surface area contributed by atoms with Crippen LogP contribution in [0.2, 0.25) is 0 Å². The van der Waals surface area contributed by atoms with E-state index in [-0.39, 0.29) is 17.7 Å². The predicted octanol–water partition coefficient (Wildman–Crippen LogP) is 3.38. The highest BCUT2D eigenvalue weighted by molar-refractivity contribution is 7.80. The number of nitrogens with one attached hydrogen (secondary N) is 1. The summed E-state index contributed by atoms with van der Waals surface area (Å²) in [5, 5.41) is 2.88. The zero-order chi connectivity index (χ0) is 15.9. The van der Waals surface area contributed by atoms with Gasteiger partial charge in [-0.3, -0.25) is 9.59 Å². The van der Waals surface area contributed by atoms with Crippen LogP contribution in [-0.2, 0) is 9.59 Å². The maximum atomic E-state index is 11.8. The summed E-state index contributed by atoms with van der Waals surface area (Å²) >= 11 is 4.31.